The zero-order valence-electron chi connectivity index (χ0n) is 10.2. The Morgan fingerprint density at radius 1 is 1.44 bits per heavy atom. The molecule has 0 atom stereocenters. The van der Waals surface area contributed by atoms with Crippen LogP contribution in [0, 0.1) is 0 Å². The van der Waals surface area contributed by atoms with Crippen molar-refractivity contribution in [3.05, 3.63) is 35.4 Å². The van der Waals surface area contributed by atoms with Crippen LogP contribution in [-0.4, -0.2) is 17.0 Å². The van der Waals surface area contributed by atoms with Gasteiger partial charge in [0, 0.05) is 6.42 Å². The average molecular weight is 254 g/mol. The zero-order chi connectivity index (χ0) is 13.4. The lowest BCUT2D eigenvalue weighted by molar-refractivity contribution is -0.147. The van der Waals surface area contributed by atoms with Gasteiger partial charge in [0.25, 0.3) is 0 Å². The van der Waals surface area contributed by atoms with Gasteiger partial charge in [-0.3, -0.25) is 4.79 Å². The Labute approximate surface area is 105 Å². The maximum absolute atomic E-state index is 13.0. The van der Waals surface area contributed by atoms with Crippen molar-refractivity contribution in [2.45, 2.75) is 43.9 Å². The van der Waals surface area contributed by atoms with E-state index in [9.17, 15) is 18.7 Å². The highest BCUT2D eigenvalue weighted by Crippen LogP contribution is 2.44. The van der Waals surface area contributed by atoms with Crippen molar-refractivity contribution >= 4 is 5.97 Å². The van der Waals surface area contributed by atoms with Gasteiger partial charge in [-0.2, -0.15) is 0 Å². The number of hydrogen-bond acceptors (Lipinski definition) is 1. The molecule has 0 spiro atoms. The normalized spacial score (nSPS) is 18.2. The van der Waals surface area contributed by atoms with Crippen LogP contribution in [0.25, 0.3) is 0 Å². The first-order valence-electron chi connectivity index (χ1n) is 6.04. The second kappa shape index (κ2) is 4.34. The minimum Gasteiger partial charge on any atom is -0.481 e. The lowest BCUT2D eigenvalue weighted by Gasteiger charge is -2.38. The van der Waals surface area contributed by atoms with Gasteiger partial charge in [-0.15, -0.1) is 0 Å². The lowest BCUT2D eigenvalue weighted by atomic mass is 9.64. The van der Waals surface area contributed by atoms with Crippen LogP contribution in [0.4, 0.5) is 8.78 Å². The molecule has 0 amide bonds. The standard InChI is InChI=1S/C14H16F2O2/c1-13(15,16)9-10-4-2-5-11(8-10)14(12(17)18)6-3-7-14/h2,4-5,8H,3,6-7,9H2,1H3,(H,17,18). The molecule has 0 bridgehead atoms. The Morgan fingerprint density at radius 3 is 2.56 bits per heavy atom. The first-order chi connectivity index (χ1) is 8.33. The molecule has 2 nitrogen and oxygen atoms in total. The summed E-state index contributed by atoms with van der Waals surface area (Å²) in [6.07, 6.45) is 1.71. The zero-order valence-corrected chi connectivity index (χ0v) is 10.2. The molecule has 1 aliphatic rings. The van der Waals surface area contributed by atoms with Crippen molar-refractivity contribution in [1.29, 1.82) is 0 Å². The van der Waals surface area contributed by atoms with Crippen LogP contribution in [0.3, 0.4) is 0 Å². The third kappa shape index (κ3) is 2.37. The molecule has 2 rings (SSSR count). The van der Waals surface area contributed by atoms with Crippen molar-refractivity contribution in [1.82, 2.24) is 0 Å². The lowest BCUT2D eigenvalue weighted by Crippen LogP contribution is -2.42. The van der Waals surface area contributed by atoms with E-state index in [0.717, 1.165) is 13.3 Å². The molecule has 98 valence electrons. The van der Waals surface area contributed by atoms with Crippen LogP contribution in [0.1, 0.15) is 37.3 Å². The molecule has 0 radical (unpaired) electrons. The summed E-state index contributed by atoms with van der Waals surface area (Å²) in [6.45, 7) is 0.871. The van der Waals surface area contributed by atoms with E-state index >= 15 is 0 Å². The quantitative estimate of drug-likeness (QED) is 0.894. The Bertz CT molecular complexity index is 459. The molecular formula is C14H16F2O2. The van der Waals surface area contributed by atoms with Crippen LogP contribution in [0.2, 0.25) is 0 Å². The summed E-state index contributed by atoms with van der Waals surface area (Å²) in [5.74, 6) is -3.62. The molecule has 1 N–H and O–H groups in total. The number of rotatable bonds is 4. The van der Waals surface area contributed by atoms with E-state index in [0.29, 0.717) is 24.0 Å². The molecule has 1 saturated carbocycles. The van der Waals surface area contributed by atoms with Gasteiger partial charge in [0.15, 0.2) is 0 Å². The molecule has 1 aliphatic carbocycles. The third-order valence-corrected chi connectivity index (χ3v) is 3.61. The summed E-state index contributed by atoms with van der Waals surface area (Å²) in [6, 6.07) is 6.63. The van der Waals surface area contributed by atoms with E-state index in [-0.39, 0.29) is 6.42 Å². The minimum absolute atomic E-state index is 0.351. The van der Waals surface area contributed by atoms with Crippen molar-refractivity contribution in [3.63, 3.8) is 0 Å². The number of halogens is 2. The number of hydrogen-bond donors (Lipinski definition) is 1. The monoisotopic (exact) mass is 254 g/mol. The summed E-state index contributed by atoms with van der Waals surface area (Å²) in [7, 11) is 0. The number of benzene rings is 1. The fourth-order valence-corrected chi connectivity index (χ4v) is 2.49. The van der Waals surface area contributed by atoms with E-state index in [1.54, 1.807) is 24.3 Å². The number of carboxylic acid groups (broad SMARTS) is 1. The van der Waals surface area contributed by atoms with Crippen LogP contribution in [0.15, 0.2) is 24.3 Å². The molecule has 1 aromatic carbocycles. The van der Waals surface area contributed by atoms with Crippen molar-refractivity contribution in [2.24, 2.45) is 0 Å². The number of carboxylic acids is 1. The third-order valence-electron chi connectivity index (χ3n) is 3.61. The van der Waals surface area contributed by atoms with Gasteiger partial charge in [0.1, 0.15) is 0 Å². The molecule has 0 aromatic heterocycles. The Balaban J connectivity index is 2.30. The summed E-state index contributed by atoms with van der Waals surface area (Å²) < 4.78 is 25.9. The molecule has 0 saturated heterocycles. The van der Waals surface area contributed by atoms with Gasteiger partial charge in [-0.25, -0.2) is 8.78 Å². The van der Waals surface area contributed by atoms with Crippen molar-refractivity contribution < 1.29 is 18.7 Å². The SMILES string of the molecule is CC(F)(F)Cc1cccc(C2(C(=O)O)CCC2)c1. The summed E-state index contributed by atoms with van der Waals surface area (Å²) in [4.78, 5) is 11.4. The Morgan fingerprint density at radius 2 is 2.11 bits per heavy atom. The number of aliphatic carboxylic acids is 1. The topological polar surface area (TPSA) is 37.3 Å². The summed E-state index contributed by atoms with van der Waals surface area (Å²) >= 11 is 0. The van der Waals surface area contributed by atoms with Crippen LogP contribution >= 0.6 is 0 Å². The van der Waals surface area contributed by atoms with Crippen molar-refractivity contribution in [3.8, 4) is 0 Å². The van der Waals surface area contributed by atoms with Crippen LogP contribution < -0.4 is 0 Å². The molecule has 4 heteroatoms. The Kier molecular flexibility index (Phi) is 3.13. The number of carbonyl (C=O) groups is 1. The van der Waals surface area contributed by atoms with Crippen molar-refractivity contribution in [2.75, 3.05) is 0 Å². The van der Waals surface area contributed by atoms with Gasteiger partial charge < -0.3 is 5.11 Å². The molecule has 0 aliphatic heterocycles. The largest absolute Gasteiger partial charge is 0.481 e. The highest BCUT2D eigenvalue weighted by molar-refractivity contribution is 5.82. The molecule has 1 fully saturated rings. The van der Waals surface area contributed by atoms with Crippen LogP contribution in [-0.2, 0) is 16.6 Å². The predicted molar refractivity (Wildman–Crippen MR) is 63.9 cm³/mol. The van der Waals surface area contributed by atoms with E-state index in [2.05, 4.69) is 0 Å². The van der Waals surface area contributed by atoms with Gasteiger partial charge in [0.2, 0.25) is 5.92 Å². The van der Waals surface area contributed by atoms with E-state index in [4.69, 9.17) is 0 Å². The fourth-order valence-electron chi connectivity index (χ4n) is 2.49. The summed E-state index contributed by atoms with van der Waals surface area (Å²) in [5.41, 5.74) is 0.300. The van der Waals surface area contributed by atoms with Gasteiger partial charge in [-0.05, 0) is 30.9 Å². The van der Waals surface area contributed by atoms with E-state index in [1.165, 1.54) is 0 Å². The number of alkyl halides is 2. The fraction of sp³-hybridized carbons (Fsp3) is 0.500. The highest BCUT2D eigenvalue weighted by Gasteiger charge is 2.45. The van der Waals surface area contributed by atoms with Gasteiger partial charge >= 0.3 is 5.97 Å². The van der Waals surface area contributed by atoms with Gasteiger partial charge in [-0.1, -0.05) is 30.7 Å². The molecule has 1 aromatic rings. The van der Waals surface area contributed by atoms with Gasteiger partial charge in [0.05, 0.1) is 5.41 Å². The first kappa shape index (κ1) is 13.0. The first-order valence-corrected chi connectivity index (χ1v) is 6.04. The van der Waals surface area contributed by atoms with Crippen LogP contribution in [0.5, 0.6) is 0 Å². The average Bonchev–Trinajstić information content (AvgIpc) is 2.12. The molecule has 18 heavy (non-hydrogen) atoms. The molecular weight excluding hydrogens is 238 g/mol. The molecule has 0 heterocycles. The Hall–Kier alpha value is -1.45. The predicted octanol–water partition coefficient (Wildman–Crippen LogP) is 3.39. The smallest absolute Gasteiger partial charge is 0.314 e. The second-order valence-corrected chi connectivity index (χ2v) is 5.19. The molecule has 0 unspecified atom stereocenters. The minimum atomic E-state index is -2.77. The summed E-state index contributed by atoms with van der Waals surface area (Å²) in [5, 5.41) is 9.31. The highest BCUT2D eigenvalue weighted by atomic mass is 19.3. The van der Waals surface area contributed by atoms with E-state index in [1.807, 2.05) is 0 Å². The van der Waals surface area contributed by atoms with E-state index < -0.39 is 17.3 Å². The second-order valence-electron chi connectivity index (χ2n) is 5.19. The maximum atomic E-state index is 13.0. The maximum Gasteiger partial charge on any atom is 0.314 e.